The van der Waals surface area contributed by atoms with Gasteiger partial charge in [0.2, 0.25) is 0 Å². The summed E-state index contributed by atoms with van der Waals surface area (Å²) in [6.45, 7) is 1.59. The van der Waals surface area contributed by atoms with E-state index in [4.69, 9.17) is 5.73 Å². The minimum absolute atomic E-state index is 0.0687. The predicted octanol–water partition coefficient (Wildman–Crippen LogP) is 0.142. The molecule has 1 atom stereocenters. The number of halogens is 2. The number of hydrogen-bond acceptors (Lipinski definition) is 3. The van der Waals surface area contributed by atoms with Crippen LogP contribution in [0, 0.1) is 0 Å². The van der Waals surface area contributed by atoms with Crippen LogP contribution in [0.25, 0.3) is 0 Å². The fourth-order valence-electron chi connectivity index (χ4n) is 0.341. The molecule has 0 aliphatic carbocycles. The molecule has 0 fully saturated rings. The maximum absolute atomic E-state index is 11.6. The van der Waals surface area contributed by atoms with E-state index in [1.165, 1.54) is 6.92 Å². The van der Waals surface area contributed by atoms with Gasteiger partial charge in [0.15, 0.2) is 6.04 Å². The largest absolute Gasteiger partial charge is 0.465 e. The lowest BCUT2D eigenvalue weighted by Gasteiger charge is -2.07. The second-order valence-corrected chi connectivity index (χ2v) is 1.61. The highest BCUT2D eigenvalue weighted by Crippen LogP contribution is 1.99. The van der Waals surface area contributed by atoms with Crippen LogP contribution in [-0.4, -0.2) is 25.0 Å². The average Bonchev–Trinajstić information content (AvgIpc) is 1.87. The Morgan fingerprint density at radius 3 is 2.50 bits per heavy atom. The monoisotopic (exact) mass is 153 g/mol. The quantitative estimate of drug-likeness (QED) is 0.587. The molecule has 0 spiro atoms. The van der Waals surface area contributed by atoms with Crippen LogP contribution in [-0.2, 0) is 9.53 Å². The van der Waals surface area contributed by atoms with Gasteiger partial charge in [-0.05, 0) is 6.92 Å². The van der Waals surface area contributed by atoms with E-state index in [1.807, 2.05) is 0 Å². The van der Waals surface area contributed by atoms with Crippen molar-refractivity contribution in [1.82, 2.24) is 0 Å². The molecule has 0 aliphatic rings. The molecule has 0 unspecified atom stereocenters. The van der Waals surface area contributed by atoms with Crippen molar-refractivity contribution in [1.29, 1.82) is 0 Å². The fourth-order valence-corrected chi connectivity index (χ4v) is 0.341. The molecule has 0 amide bonds. The number of nitrogens with two attached hydrogens (primary N) is 1. The fraction of sp³-hybridized carbons (Fsp3) is 0.800. The van der Waals surface area contributed by atoms with Gasteiger partial charge >= 0.3 is 5.97 Å². The van der Waals surface area contributed by atoms with Gasteiger partial charge < -0.3 is 10.5 Å². The Hall–Kier alpha value is -0.710. The summed E-state index contributed by atoms with van der Waals surface area (Å²) in [5, 5.41) is 0. The molecule has 0 aliphatic heterocycles. The van der Waals surface area contributed by atoms with Crippen LogP contribution in [0.2, 0.25) is 0 Å². The van der Waals surface area contributed by atoms with Crippen molar-refractivity contribution in [2.45, 2.75) is 19.4 Å². The molecule has 2 N–H and O–H groups in total. The van der Waals surface area contributed by atoms with Crippen LogP contribution in [0.4, 0.5) is 8.78 Å². The Balaban J connectivity index is 3.71. The van der Waals surface area contributed by atoms with Gasteiger partial charge in [0.1, 0.15) is 0 Å². The summed E-state index contributed by atoms with van der Waals surface area (Å²) in [6, 6.07) is -1.81. The smallest absolute Gasteiger partial charge is 0.328 e. The van der Waals surface area contributed by atoms with Crippen molar-refractivity contribution in [3.8, 4) is 0 Å². The number of esters is 1. The van der Waals surface area contributed by atoms with E-state index in [0.717, 1.165) is 0 Å². The van der Waals surface area contributed by atoms with Crippen LogP contribution < -0.4 is 5.73 Å². The normalized spacial score (nSPS) is 13.3. The van der Waals surface area contributed by atoms with Gasteiger partial charge in [0.25, 0.3) is 6.43 Å². The Labute approximate surface area is 57.1 Å². The van der Waals surface area contributed by atoms with Gasteiger partial charge in [-0.15, -0.1) is 0 Å². The second kappa shape index (κ2) is 4.16. The molecule has 60 valence electrons. The molecule has 0 aromatic rings. The highest BCUT2D eigenvalue weighted by Gasteiger charge is 2.24. The van der Waals surface area contributed by atoms with Crippen molar-refractivity contribution in [2.75, 3.05) is 6.61 Å². The molecular formula is C5H9F2NO2. The van der Waals surface area contributed by atoms with E-state index < -0.39 is 18.4 Å². The van der Waals surface area contributed by atoms with E-state index in [2.05, 4.69) is 4.74 Å². The summed E-state index contributed by atoms with van der Waals surface area (Å²) < 4.78 is 27.4. The zero-order valence-corrected chi connectivity index (χ0v) is 5.51. The number of carbonyl (C=O) groups is 1. The molecular weight excluding hydrogens is 144 g/mol. The van der Waals surface area contributed by atoms with E-state index in [9.17, 15) is 13.6 Å². The molecule has 10 heavy (non-hydrogen) atoms. The third kappa shape index (κ3) is 2.72. The summed E-state index contributed by atoms with van der Waals surface area (Å²) in [6.07, 6.45) is -2.85. The van der Waals surface area contributed by atoms with E-state index in [-0.39, 0.29) is 6.61 Å². The minimum atomic E-state index is -2.85. The Kier molecular flexibility index (Phi) is 3.87. The van der Waals surface area contributed by atoms with Gasteiger partial charge in [-0.2, -0.15) is 0 Å². The van der Waals surface area contributed by atoms with Crippen LogP contribution in [0.5, 0.6) is 0 Å². The van der Waals surface area contributed by atoms with Crippen molar-refractivity contribution in [2.24, 2.45) is 5.73 Å². The standard InChI is InChI=1S/C5H9F2NO2/c1-2-10-5(9)3(8)4(6)7/h3-4H,2,8H2,1H3/t3-/m0/s1. The highest BCUT2D eigenvalue weighted by molar-refractivity contribution is 5.75. The lowest BCUT2D eigenvalue weighted by atomic mass is 10.3. The summed E-state index contributed by atoms with van der Waals surface area (Å²) in [5.74, 6) is -1.06. The second-order valence-electron chi connectivity index (χ2n) is 1.61. The van der Waals surface area contributed by atoms with E-state index in [1.54, 1.807) is 0 Å². The molecule has 0 radical (unpaired) electrons. The van der Waals surface area contributed by atoms with Crippen molar-refractivity contribution in [3.05, 3.63) is 0 Å². The van der Waals surface area contributed by atoms with Gasteiger partial charge in [-0.25, -0.2) is 8.78 Å². The average molecular weight is 153 g/mol. The predicted molar refractivity (Wildman–Crippen MR) is 30.6 cm³/mol. The van der Waals surface area contributed by atoms with Gasteiger partial charge in [0.05, 0.1) is 6.61 Å². The maximum atomic E-state index is 11.6. The first-order valence-electron chi connectivity index (χ1n) is 2.80. The van der Waals surface area contributed by atoms with Crippen LogP contribution in [0.3, 0.4) is 0 Å². The SMILES string of the molecule is CCOC(=O)[C@@H](N)C(F)F. The number of alkyl halides is 2. The van der Waals surface area contributed by atoms with Crippen LogP contribution >= 0.6 is 0 Å². The highest BCUT2D eigenvalue weighted by atomic mass is 19.3. The molecule has 0 heterocycles. The number of rotatable bonds is 3. The molecule has 0 aromatic heterocycles. The lowest BCUT2D eigenvalue weighted by Crippen LogP contribution is -2.38. The van der Waals surface area contributed by atoms with Crippen molar-refractivity contribution >= 4 is 5.97 Å². The summed E-state index contributed by atoms with van der Waals surface area (Å²) in [7, 11) is 0. The molecule has 0 aromatic carbocycles. The zero-order chi connectivity index (χ0) is 8.15. The number of hydrogen-bond donors (Lipinski definition) is 1. The minimum Gasteiger partial charge on any atom is -0.465 e. The summed E-state index contributed by atoms with van der Waals surface area (Å²) >= 11 is 0. The molecule has 3 nitrogen and oxygen atoms in total. The first kappa shape index (κ1) is 9.29. The molecule has 0 saturated heterocycles. The Morgan fingerprint density at radius 1 is 1.70 bits per heavy atom. The lowest BCUT2D eigenvalue weighted by molar-refractivity contribution is -0.148. The van der Waals surface area contributed by atoms with Gasteiger partial charge in [0, 0.05) is 0 Å². The molecule has 0 rings (SSSR count). The first-order valence-corrected chi connectivity index (χ1v) is 2.80. The molecule has 0 saturated carbocycles. The van der Waals surface area contributed by atoms with Gasteiger partial charge in [-0.1, -0.05) is 0 Å². The van der Waals surface area contributed by atoms with E-state index >= 15 is 0 Å². The van der Waals surface area contributed by atoms with Crippen molar-refractivity contribution in [3.63, 3.8) is 0 Å². The van der Waals surface area contributed by atoms with Crippen LogP contribution in [0.1, 0.15) is 6.92 Å². The van der Waals surface area contributed by atoms with Crippen molar-refractivity contribution < 1.29 is 18.3 Å². The Morgan fingerprint density at radius 2 is 2.20 bits per heavy atom. The maximum Gasteiger partial charge on any atom is 0.328 e. The summed E-state index contributed by atoms with van der Waals surface area (Å²) in [4.78, 5) is 10.4. The zero-order valence-electron chi connectivity index (χ0n) is 5.51. The molecule has 0 bridgehead atoms. The topological polar surface area (TPSA) is 52.3 Å². The number of ether oxygens (including phenoxy) is 1. The van der Waals surface area contributed by atoms with E-state index in [0.29, 0.717) is 0 Å². The Bertz CT molecular complexity index is 118. The summed E-state index contributed by atoms with van der Waals surface area (Å²) in [5.41, 5.74) is 4.72. The van der Waals surface area contributed by atoms with Crippen LogP contribution in [0.15, 0.2) is 0 Å². The first-order chi connectivity index (χ1) is 4.59. The number of carbonyl (C=O) groups excluding carboxylic acids is 1. The van der Waals surface area contributed by atoms with Gasteiger partial charge in [-0.3, -0.25) is 4.79 Å². The third-order valence-electron chi connectivity index (χ3n) is 0.830. The third-order valence-corrected chi connectivity index (χ3v) is 0.830. The molecule has 5 heteroatoms.